The molecule has 3 aromatic rings. The molecule has 3 rings (SSSR count). The molecule has 0 aliphatic heterocycles. The Morgan fingerprint density at radius 2 is 1.64 bits per heavy atom. The number of hydrogen-bond acceptors (Lipinski definition) is 6. The van der Waals surface area contributed by atoms with Gasteiger partial charge in [-0.25, -0.2) is 4.79 Å². The van der Waals surface area contributed by atoms with Crippen LogP contribution in [0.3, 0.4) is 0 Å². The van der Waals surface area contributed by atoms with Gasteiger partial charge in [0.15, 0.2) is 5.78 Å². The Morgan fingerprint density at radius 1 is 0.949 bits per heavy atom. The van der Waals surface area contributed by atoms with E-state index in [1.165, 1.54) is 6.07 Å². The molecule has 2 amide bonds. The number of rotatable bonds is 8. The minimum atomic E-state index is -4.73. The number of pyridine rings is 1. The molecular formula is C28H28F3N3O5. The Hall–Kier alpha value is -4.25. The minimum Gasteiger partial charge on any atom is -0.442 e. The quantitative estimate of drug-likeness (QED) is 0.194. The standard InChI is InChI=1S/C28H28F3N3O5/c1-5-38-34(26(37)39-27(2,3)4)23-10-9-21(28(29,30)31)16-22(23)33-25(36)17-24(35)20-8-6-7-19(15-20)18-11-13-32-14-12-18/h6-16H,5,17H2,1-4H3,(H,33,36). The predicted octanol–water partition coefficient (Wildman–Crippen LogP) is 6.67. The lowest BCUT2D eigenvalue weighted by molar-refractivity contribution is -0.137. The molecule has 0 saturated heterocycles. The van der Waals surface area contributed by atoms with Crippen molar-refractivity contribution < 1.29 is 37.1 Å². The van der Waals surface area contributed by atoms with E-state index < -0.39 is 41.5 Å². The topological polar surface area (TPSA) is 97.8 Å². The molecule has 206 valence electrons. The fourth-order valence-corrected chi connectivity index (χ4v) is 3.50. The first-order valence-electron chi connectivity index (χ1n) is 12.0. The lowest BCUT2D eigenvalue weighted by Crippen LogP contribution is -2.37. The van der Waals surface area contributed by atoms with Gasteiger partial charge in [0.05, 0.1) is 30.0 Å². The van der Waals surface area contributed by atoms with E-state index in [0.29, 0.717) is 11.1 Å². The van der Waals surface area contributed by atoms with Crippen molar-refractivity contribution in [3.8, 4) is 11.1 Å². The maximum absolute atomic E-state index is 13.5. The number of nitrogens with zero attached hydrogens (tertiary/aromatic N) is 2. The fraction of sp³-hybridized carbons (Fsp3) is 0.286. The number of ketones is 1. The lowest BCUT2D eigenvalue weighted by Gasteiger charge is -2.28. The number of aromatic nitrogens is 1. The smallest absolute Gasteiger partial charge is 0.439 e. The molecule has 0 radical (unpaired) electrons. The summed E-state index contributed by atoms with van der Waals surface area (Å²) in [6.07, 6.45) is -3.18. The van der Waals surface area contributed by atoms with Gasteiger partial charge in [0, 0.05) is 18.0 Å². The zero-order valence-corrected chi connectivity index (χ0v) is 21.8. The first-order valence-corrected chi connectivity index (χ1v) is 12.0. The van der Waals surface area contributed by atoms with Gasteiger partial charge < -0.3 is 10.1 Å². The summed E-state index contributed by atoms with van der Waals surface area (Å²) >= 11 is 0. The summed E-state index contributed by atoms with van der Waals surface area (Å²) in [5, 5.41) is 3.00. The predicted molar refractivity (Wildman–Crippen MR) is 139 cm³/mol. The number of hydroxylamine groups is 1. The van der Waals surface area contributed by atoms with Crippen molar-refractivity contribution in [3.63, 3.8) is 0 Å². The van der Waals surface area contributed by atoms with E-state index in [-0.39, 0.29) is 23.5 Å². The number of nitrogens with one attached hydrogen (secondary N) is 1. The summed E-state index contributed by atoms with van der Waals surface area (Å²) in [6, 6.07) is 12.5. The maximum atomic E-state index is 13.5. The van der Waals surface area contributed by atoms with Crippen LogP contribution >= 0.6 is 0 Å². The van der Waals surface area contributed by atoms with E-state index in [1.54, 1.807) is 70.4 Å². The van der Waals surface area contributed by atoms with Crippen molar-refractivity contribution in [3.05, 3.63) is 78.1 Å². The molecule has 0 aliphatic rings. The summed E-state index contributed by atoms with van der Waals surface area (Å²) in [5.41, 5.74) is -0.789. The fourth-order valence-electron chi connectivity index (χ4n) is 3.50. The van der Waals surface area contributed by atoms with E-state index >= 15 is 0 Å². The highest BCUT2D eigenvalue weighted by molar-refractivity contribution is 6.12. The number of amides is 2. The molecule has 0 bridgehead atoms. The van der Waals surface area contributed by atoms with Gasteiger partial charge in [-0.05, 0) is 75.2 Å². The number of ether oxygens (including phenoxy) is 1. The molecule has 0 saturated carbocycles. The van der Waals surface area contributed by atoms with Crippen LogP contribution in [0.4, 0.5) is 29.3 Å². The third-order valence-electron chi connectivity index (χ3n) is 5.15. The first-order chi connectivity index (χ1) is 18.3. The monoisotopic (exact) mass is 543 g/mol. The molecule has 39 heavy (non-hydrogen) atoms. The van der Waals surface area contributed by atoms with Crippen LogP contribution in [-0.2, 0) is 20.5 Å². The zero-order valence-electron chi connectivity index (χ0n) is 21.8. The second kappa shape index (κ2) is 12.1. The number of Topliss-reactive ketones (excluding diaryl/α,β-unsaturated/α-hetero) is 1. The second-order valence-electron chi connectivity index (χ2n) is 9.39. The third kappa shape index (κ3) is 8.11. The molecule has 0 aliphatic carbocycles. The number of halogens is 3. The number of anilines is 2. The van der Waals surface area contributed by atoms with Crippen LogP contribution in [0.2, 0.25) is 0 Å². The number of carbonyl (C=O) groups excluding carboxylic acids is 3. The van der Waals surface area contributed by atoms with Crippen LogP contribution in [0.25, 0.3) is 11.1 Å². The van der Waals surface area contributed by atoms with Crippen molar-refractivity contribution in [1.29, 1.82) is 0 Å². The first kappa shape index (κ1) is 29.3. The molecule has 1 N–H and O–H groups in total. The van der Waals surface area contributed by atoms with E-state index in [0.717, 1.165) is 23.3 Å². The van der Waals surface area contributed by atoms with Crippen molar-refractivity contribution in [2.75, 3.05) is 17.0 Å². The molecule has 0 fully saturated rings. The minimum absolute atomic E-state index is 0.0278. The average Bonchev–Trinajstić information content (AvgIpc) is 2.86. The van der Waals surface area contributed by atoms with Gasteiger partial charge in [-0.3, -0.25) is 19.4 Å². The molecule has 8 nitrogen and oxygen atoms in total. The Balaban J connectivity index is 1.89. The molecular weight excluding hydrogens is 515 g/mol. The molecule has 11 heteroatoms. The van der Waals surface area contributed by atoms with Gasteiger partial charge in [-0.2, -0.15) is 18.2 Å². The van der Waals surface area contributed by atoms with Crippen LogP contribution < -0.4 is 10.4 Å². The van der Waals surface area contributed by atoms with Crippen molar-refractivity contribution >= 4 is 29.2 Å². The third-order valence-corrected chi connectivity index (χ3v) is 5.15. The van der Waals surface area contributed by atoms with Crippen LogP contribution in [-0.4, -0.2) is 35.0 Å². The second-order valence-corrected chi connectivity index (χ2v) is 9.39. The van der Waals surface area contributed by atoms with Crippen molar-refractivity contribution in [2.45, 2.75) is 45.9 Å². The summed E-state index contributed by atoms with van der Waals surface area (Å²) < 4.78 is 45.7. The summed E-state index contributed by atoms with van der Waals surface area (Å²) in [4.78, 5) is 47.8. The van der Waals surface area contributed by atoms with Gasteiger partial charge in [-0.15, -0.1) is 0 Å². The van der Waals surface area contributed by atoms with Gasteiger partial charge >= 0.3 is 12.3 Å². The lowest BCUT2D eigenvalue weighted by atomic mass is 10.0. The highest BCUT2D eigenvalue weighted by atomic mass is 19.4. The molecule has 2 aromatic carbocycles. The van der Waals surface area contributed by atoms with Crippen LogP contribution in [0.5, 0.6) is 0 Å². The van der Waals surface area contributed by atoms with E-state index in [4.69, 9.17) is 9.57 Å². The molecule has 1 aromatic heterocycles. The van der Waals surface area contributed by atoms with Crippen LogP contribution in [0, 0.1) is 0 Å². The Labute approximate surface area is 223 Å². The Bertz CT molecular complexity index is 1340. The zero-order chi connectivity index (χ0) is 28.8. The van der Waals surface area contributed by atoms with Crippen LogP contribution in [0.15, 0.2) is 67.0 Å². The molecule has 0 spiro atoms. The van der Waals surface area contributed by atoms with Crippen molar-refractivity contribution in [1.82, 2.24) is 4.98 Å². The summed E-state index contributed by atoms with van der Waals surface area (Å²) in [5.74, 6) is -1.43. The van der Waals surface area contributed by atoms with E-state index in [1.807, 2.05) is 0 Å². The van der Waals surface area contributed by atoms with E-state index in [9.17, 15) is 27.6 Å². The molecule has 1 heterocycles. The Morgan fingerprint density at radius 3 is 2.26 bits per heavy atom. The molecule has 0 atom stereocenters. The SMILES string of the molecule is CCON(C(=O)OC(C)(C)C)c1ccc(C(F)(F)F)cc1NC(=O)CC(=O)c1cccc(-c2ccncc2)c1. The van der Waals surface area contributed by atoms with Gasteiger partial charge in [-0.1, -0.05) is 18.2 Å². The summed E-state index contributed by atoms with van der Waals surface area (Å²) in [6.45, 7) is 6.37. The number of alkyl halides is 3. The highest BCUT2D eigenvalue weighted by Crippen LogP contribution is 2.36. The summed E-state index contributed by atoms with van der Waals surface area (Å²) in [7, 11) is 0. The van der Waals surface area contributed by atoms with Crippen molar-refractivity contribution in [2.24, 2.45) is 0 Å². The molecule has 0 unspecified atom stereocenters. The van der Waals surface area contributed by atoms with Crippen LogP contribution in [0.1, 0.15) is 50.0 Å². The largest absolute Gasteiger partial charge is 0.442 e. The normalized spacial score (nSPS) is 11.6. The Kier molecular flexibility index (Phi) is 9.08. The number of hydrogen-bond donors (Lipinski definition) is 1. The highest BCUT2D eigenvalue weighted by Gasteiger charge is 2.33. The van der Waals surface area contributed by atoms with Gasteiger partial charge in [0.2, 0.25) is 5.91 Å². The van der Waals surface area contributed by atoms with Gasteiger partial charge in [0.1, 0.15) is 5.60 Å². The maximum Gasteiger partial charge on any atom is 0.439 e. The number of carbonyl (C=O) groups is 3. The van der Waals surface area contributed by atoms with E-state index in [2.05, 4.69) is 10.3 Å². The average molecular weight is 544 g/mol. The van der Waals surface area contributed by atoms with Gasteiger partial charge in [0.25, 0.3) is 0 Å². The number of benzene rings is 2.